The van der Waals surface area contributed by atoms with Gasteiger partial charge in [0.05, 0.1) is 12.1 Å². The van der Waals surface area contributed by atoms with Crippen LogP contribution in [0.15, 0.2) is 66.7 Å². The lowest BCUT2D eigenvalue weighted by Gasteiger charge is -2.41. The Morgan fingerprint density at radius 3 is 2.14 bits per heavy atom. The van der Waals surface area contributed by atoms with Gasteiger partial charge in [-0.25, -0.2) is 4.39 Å². The van der Waals surface area contributed by atoms with Crippen LogP contribution in [-0.4, -0.2) is 37.2 Å². The van der Waals surface area contributed by atoms with Gasteiger partial charge in [0, 0.05) is 12.2 Å². The molecule has 4 nitrogen and oxygen atoms in total. The molecule has 3 aromatic carbocycles. The molecule has 198 valence electrons. The smallest absolute Gasteiger partial charge is 0.406 e. The highest BCUT2D eigenvalue weighted by atomic mass is 19.4. The minimum atomic E-state index is -4.87. The van der Waals surface area contributed by atoms with E-state index in [1.54, 1.807) is 35.2 Å². The van der Waals surface area contributed by atoms with Crippen LogP contribution in [0.4, 0.5) is 36.4 Å². The molecule has 0 aromatic heterocycles. The second kappa shape index (κ2) is 10.5. The van der Waals surface area contributed by atoms with Crippen molar-refractivity contribution in [2.75, 3.05) is 18.1 Å². The normalized spacial score (nSPS) is 16.8. The molecule has 1 heterocycles. The Morgan fingerprint density at radius 2 is 1.49 bits per heavy atom. The standard InChI is InChI=1S/C26H22F7NO3/c27-14-18(35)15-34-23(17-5-2-7-20(13-17)37-26(31,32)33)11-10-22-21(8-3-9-24(22)34)16-4-1-6-19(12-16)36-25(28,29)30/h1-9,12-13,18,23,35H,10-11,14-15H2. The van der Waals surface area contributed by atoms with Crippen LogP contribution in [0.25, 0.3) is 11.1 Å². The lowest BCUT2D eigenvalue weighted by atomic mass is 9.86. The van der Waals surface area contributed by atoms with Gasteiger partial charge in [0.1, 0.15) is 18.2 Å². The number of rotatable bonds is 7. The third-order valence-electron chi connectivity index (χ3n) is 5.95. The minimum absolute atomic E-state index is 0.154. The van der Waals surface area contributed by atoms with Crippen molar-refractivity contribution >= 4 is 5.69 Å². The molecule has 4 rings (SSSR count). The first kappa shape index (κ1) is 26.6. The maximum atomic E-state index is 13.3. The summed E-state index contributed by atoms with van der Waals surface area (Å²) in [5.74, 6) is -0.792. The number of benzene rings is 3. The molecule has 0 radical (unpaired) electrons. The van der Waals surface area contributed by atoms with Gasteiger partial charge >= 0.3 is 12.7 Å². The predicted molar refractivity (Wildman–Crippen MR) is 122 cm³/mol. The Bertz CT molecular complexity index is 1230. The van der Waals surface area contributed by atoms with E-state index in [0.717, 1.165) is 5.56 Å². The van der Waals surface area contributed by atoms with Crippen molar-refractivity contribution in [3.05, 3.63) is 77.9 Å². The number of hydrogen-bond donors (Lipinski definition) is 1. The second-order valence-corrected chi connectivity index (χ2v) is 8.51. The van der Waals surface area contributed by atoms with Crippen LogP contribution in [0, 0.1) is 0 Å². The molecule has 1 aliphatic rings. The van der Waals surface area contributed by atoms with Crippen molar-refractivity contribution in [2.24, 2.45) is 0 Å². The molecule has 0 saturated heterocycles. The lowest BCUT2D eigenvalue weighted by Crippen LogP contribution is -2.39. The highest BCUT2D eigenvalue weighted by Gasteiger charge is 2.34. The number of nitrogens with zero attached hydrogens (tertiary/aromatic N) is 1. The summed E-state index contributed by atoms with van der Waals surface area (Å²) in [5, 5.41) is 10.1. The average Bonchev–Trinajstić information content (AvgIpc) is 2.82. The van der Waals surface area contributed by atoms with Gasteiger partial charge in [-0.2, -0.15) is 0 Å². The van der Waals surface area contributed by atoms with Crippen LogP contribution in [0.2, 0.25) is 0 Å². The zero-order valence-corrected chi connectivity index (χ0v) is 19.2. The molecule has 1 N–H and O–H groups in total. The van der Waals surface area contributed by atoms with E-state index in [1.165, 1.54) is 36.4 Å². The van der Waals surface area contributed by atoms with Gasteiger partial charge in [-0.1, -0.05) is 36.4 Å². The number of ether oxygens (including phenoxy) is 2. The van der Waals surface area contributed by atoms with Crippen LogP contribution in [0.5, 0.6) is 11.5 Å². The Hall–Kier alpha value is -3.47. The molecule has 2 atom stereocenters. The topological polar surface area (TPSA) is 41.9 Å². The van der Waals surface area contributed by atoms with Gasteiger partial charge < -0.3 is 19.5 Å². The van der Waals surface area contributed by atoms with E-state index in [2.05, 4.69) is 9.47 Å². The Morgan fingerprint density at radius 1 is 0.865 bits per heavy atom. The molecule has 37 heavy (non-hydrogen) atoms. The number of halogens is 7. The number of alkyl halides is 7. The number of aliphatic hydroxyl groups excluding tert-OH is 1. The average molecular weight is 529 g/mol. The van der Waals surface area contributed by atoms with Crippen LogP contribution < -0.4 is 14.4 Å². The number of fused-ring (bicyclic) bond motifs is 1. The summed E-state index contributed by atoms with van der Waals surface area (Å²) in [6.45, 7) is -1.19. The third kappa shape index (κ3) is 6.65. The number of β-amino-alcohol motifs (C(OH)–C–C–N with tert-alkyl or cyclic N) is 1. The first-order valence-corrected chi connectivity index (χ1v) is 11.3. The molecule has 1 aliphatic heterocycles. The van der Waals surface area contributed by atoms with E-state index in [4.69, 9.17) is 0 Å². The molecule has 0 saturated carbocycles. The highest BCUT2D eigenvalue weighted by Crippen LogP contribution is 2.44. The molecular weight excluding hydrogens is 507 g/mol. The van der Waals surface area contributed by atoms with E-state index in [9.17, 15) is 35.8 Å². The molecule has 0 amide bonds. The van der Waals surface area contributed by atoms with Crippen LogP contribution in [0.3, 0.4) is 0 Å². The SMILES string of the molecule is OC(CF)CN1c2cccc(-c3cccc(OC(F)(F)F)c3)c2CCC1c1cccc(OC(F)(F)F)c1. The lowest BCUT2D eigenvalue weighted by molar-refractivity contribution is -0.275. The van der Waals surface area contributed by atoms with Crippen molar-refractivity contribution in [1.29, 1.82) is 0 Å². The fourth-order valence-corrected chi connectivity index (χ4v) is 4.61. The third-order valence-corrected chi connectivity index (χ3v) is 5.95. The van der Waals surface area contributed by atoms with Gasteiger partial charge in [0.15, 0.2) is 0 Å². The Balaban J connectivity index is 1.74. The summed E-state index contributed by atoms with van der Waals surface area (Å²) < 4.78 is 97.8. The van der Waals surface area contributed by atoms with Gasteiger partial charge in [-0.15, -0.1) is 26.3 Å². The molecule has 0 spiro atoms. The first-order chi connectivity index (χ1) is 17.4. The quantitative estimate of drug-likeness (QED) is 0.336. The summed E-state index contributed by atoms with van der Waals surface area (Å²) in [6.07, 6.45) is -10.3. The number of aliphatic hydroxyl groups is 1. The van der Waals surface area contributed by atoms with Gasteiger partial charge in [-0.05, 0) is 65.4 Å². The van der Waals surface area contributed by atoms with E-state index in [-0.39, 0.29) is 12.3 Å². The van der Waals surface area contributed by atoms with Gasteiger partial charge in [0.25, 0.3) is 0 Å². The Kier molecular flexibility index (Phi) is 7.54. The number of anilines is 1. The van der Waals surface area contributed by atoms with Gasteiger partial charge in [0.2, 0.25) is 0 Å². The highest BCUT2D eigenvalue weighted by molar-refractivity contribution is 5.76. The van der Waals surface area contributed by atoms with Crippen molar-refractivity contribution in [1.82, 2.24) is 0 Å². The largest absolute Gasteiger partial charge is 0.573 e. The maximum Gasteiger partial charge on any atom is 0.573 e. The van der Waals surface area contributed by atoms with Crippen molar-refractivity contribution < 1.29 is 45.3 Å². The fraction of sp³-hybridized carbons (Fsp3) is 0.308. The summed E-state index contributed by atoms with van der Waals surface area (Å²) in [5.41, 5.74) is 2.90. The fourth-order valence-electron chi connectivity index (χ4n) is 4.61. The molecule has 11 heteroatoms. The van der Waals surface area contributed by atoms with Crippen molar-refractivity contribution in [2.45, 2.75) is 37.7 Å². The summed E-state index contributed by atoms with van der Waals surface area (Å²) in [4.78, 5) is 1.70. The molecule has 0 bridgehead atoms. The van der Waals surface area contributed by atoms with Crippen molar-refractivity contribution in [3.8, 4) is 22.6 Å². The van der Waals surface area contributed by atoms with Crippen molar-refractivity contribution in [3.63, 3.8) is 0 Å². The van der Waals surface area contributed by atoms with Gasteiger partial charge in [-0.3, -0.25) is 0 Å². The summed E-state index contributed by atoms with van der Waals surface area (Å²) in [6, 6.07) is 15.6. The molecule has 2 unspecified atom stereocenters. The van der Waals surface area contributed by atoms with Crippen LogP contribution in [-0.2, 0) is 6.42 Å². The first-order valence-electron chi connectivity index (χ1n) is 11.3. The van der Waals surface area contributed by atoms with E-state index in [1.807, 2.05) is 0 Å². The summed E-state index contributed by atoms with van der Waals surface area (Å²) >= 11 is 0. The second-order valence-electron chi connectivity index (χ2n) is 8.51. The predicted octanol–water partition coefficient (Wildman–Crippen LogP) is 6.98. The van der Waals surface area contributed by atoms with Crippen LogP contribution in [0.1, 0.15) is 23.6 Å². The monoisotopic (exact) mass is 529 g/mol. The minimum Gasteiger partial charge on any atom is -0.406 e. The molecule has 0 fully saturated rings. The molecular formula is C26H22F7NO3. The van der Waals surface area contributed by atoms with E-state index >= 15 is 0 Å². The zero-order valence-electron chi connectivity index (χ0n) is 19.2. The van der Waals surface area contributed by atoms with E-state index < -0.39 is 37.3 Å². The molecule has 0 aliphatic carbocycles. The maximum absolute atomic E-state index is 13.3. The van der Waals surface area contributed by atoms with Crippen LogP contribution >= 0.6 is 0 Å². The van der Waals surface area contributed by atoms with E-state index in [0.29, 0.717) is 35.2 Å². The molecule has 3 aromatic rings. The Labute approximate surface area is 207 Å². The zero-order chi connectivity index (χ0) is 26.8. The number of hydrogen-bond acceptors (Lipinski definition) is 4. The summed E-state index contributed by atoms with van der Waals surface area (Å²) in [7, 11) is 0.